The van der Waals surface area contributed by atoms with Gasteiger partial charge >= 0.3 is 5.97 Å². The van der Waals surface area contributed by atoms with Crippen LogP contribution in [0, 0.1) is 11.7 Å². The Balaban J connectivity index is 3.03. The van der Waals surface area contributed by atoms with Gasteiger partial charge in [0, 0.05) is 6.04 Å². The van der Waals surface area contributed by atoms with E-state index < -0.39 is 17.3 Å². The summed E-state index contributed by atoms with van der Waals surface area (Å²) >= 11 is 0. The summed E-state index contributed by atoms with van der Waals surface area (Å²) in [6, 6.07) is 2.37. The third-order valence-corrected chi connectivity index (χ3v) is 2.75. The first-order valence-electron chi connectivity index (χ1n) is 5.41. The lowest BCUT2D eigenvalue weighted by Gasteiger charge is -2.20. The van der Waals surface area contributed by atoms with E-state index in [1.807, 2.05) is 20.8 Å². The van der Waals surface area contributed by atoms with Crippen molar-refractivity contribution in [1.82, 2.24) is 0 Å². The zero-order valence-electron chi connectivity index (χ0n) is 10.1. The van der Waals surface area contributed by atoms with E-state index >= 15 is 0 Å². The molecule has 94 valence electrons. The molecule has 1 aromatic rings. The van der Waals surface area contributed by atoms with Crippen molar-refractivity contribution < 1.29 is 14.3 Å². The number of benzene rings is 1. The lowest BCUT2D eigenvalue weighted by molar-refractivity contribution is 0.0692. The molecule has 1 rings (SSSR count). The van der Waals surface area contributed by atoms with Gasteiger partial charge in [-0.05, 0) is 25.0 Å². The van der Waals surface area contributed by atoms with Crippen molar-refractivity contribution in [2.45, 2.75) is 26.8 Å². The zero-order chi connectivity index (χ0) is 13.2. The second kappa shape index (κ2) is 5.03. The van der Waals surface area contributed by atoms with E-state index in [2.05, 4.69) is 5.32 Å². The van der Waals surface area contributed by atoms with E-state index in [0.29, 0.717) is 11.6 Å². The monoisotopic (exact) mass is 240 g/mol. The maximum absolute atomic E-state index is 13.5. The molecule has 1 aromatic carbocycles. The number of nitrogens with two attached hydrogens (primary N) is 1. The van der Waals surface area contributed by atoms with Crippen LogP contribution in [0.1, 0.15) is 31.1 Å². The van der Waals surface area contributed by atoms with Crippen molar-refractivity contribution in [2.24, 2.45) is 5.92 Å². The fraction of sp³-hybridized carbons (Fsp3) is 0.417. The van der Waals surface area contributed by atoms with Gasteiger partial charge in [0.1, 0.15) is 5.82 Å². The van der Waals surface area contributed by atoms with E-state index in [1.54, 1.807) is 0 Å². The number of carboxylic acids is 1. The van der Waals surface area contributed by atoms with Gasteiger partial charge in [0.15, 0.2) is 0 Å². The minimum absolute atomic E-state index is 0.118. The minimum Gasteiger partial charge on any atom is -0.478 e. The molecule has 0 aliphatic carbocycles. The SMILES string of the molecule is CC(C)C(C)Nc1cc(F)c(C(=O)O)cc1N. The second-order valence-corrected chi connectivity index (χ2v) is 4.40. The lowest BCUT2D eigenvalue weighted by Crippen LogP contribution is -2.22. The van der Waals surface area contributed by atoms with Crippen LogP contribution in [0.4, 0.5) is 15.8 Å². The first kappa shape index (κ1) is 13.3. The number of anilines is 2. The highest BCUT2D eigenvalue weighted by molar-refractivity contribution is 5.90. The predicted octanol–water partition coefficient (Wildman–Crippen LogP) is 2.56. The molecular formula is C12H17FN2O2. The van der Waals surface area contributed by atoms with Crippen molar-refractivity contribution in [1.29, 1.82) is 0 Å². The summed E-state index contributed by atoms with van der Waals surface area (Å²) in [7, 11) is 0. The maximum Gasteiger partial charge on any atom is 0.338 e. The number of carbonyl (C=O) groups is 1. The van der Waals surface area contributed by atoms with Gasteiger partial charge in [0.05, 0.1) is 16.9 Å². The van der Waals surface area contributed by atoms with Gasteiger partial charge < -0.3 is 16.2 Å². The van der Waals surface area contributed by atoms with Crippen LogP contribution in [-0.2, 0) is 0 Å². The summed E-state index contributed by atoms with van der Waals surface area (Å²) in [6.07, 6.45) is 0. The highest BCUT2D eigenvalue weighted by Crippen LogP contribution is 2.24. The summed E-state index contributed by atoms with van der Waals surface area (Å²) in [4.78, 5) is 10.7. The van der Waals surface area contributed by atoms with Crippen LogP contribution < -0.4 is 11.1 Å². The molecule has 0 amide bonds. The number of nitrogens with one attached hydrogen (secondary N) is 1. The Morgan fingerprint density at radius 3 is 2.47 bits per heavy atom. The molecule has 0 radical (unpaired) electrons. The molecule has 4 nitrogen and oxygen atoms in total. The summed E-state index contributed by atoms with van der Waals surface area (Å²) in [5.41, 5.74) is 5.93. The third kappa shape index (κ3) is 3.09. The lowest BCUT2D eigenvalue weighted by atomic mass is 10.1. The van der Waals surface area contributed by atoms with Gasteiger partial charge in [-0.25, -0.2) is 9.18 Å². The molecule has 0 heterocycles. The van der Waals surface area contributed by atoms with Crippen LogP contribution in [0.3, 0.4) is 0 Å². The van der Waals surface area contributed by atoms with Crippen molar-refractivity contribution in [3.05, 3.63) is 23.5 Å². The molecule has 0 saturated carbocycles. The summed E-state index contributed by atoms with van der Waals surface area (Å²) in [5, 5.41) is 11.8. The third-order valence-electron chi connectivity index (χ3n) is 2.75. The zero-order valence-corrected chi connectivity index (χ0v) is 10.1. The summed E-state index contributed by atoms with van der Waals surface area (Å²) in [5.74, 6) is -1.75. The molecule has 0 aromatic heterocycles. The van der Waals surface area contributed by atoms with Crippen molar-refractivity contribution in [2.75, 3.05) is 11.1 Å². The average Bonchev–Trinajstić information content (AvgIpc) is 2.22. The van der Waals surface area contributed by atoms with Gasteiger partial charge in [-0.3, -0.25) is 0 Å². The van der Waals surface area contributed by atoms with Crippen LogP contribution in [0.25, 0.3) is 0 Å². The molecular weight excluding hydrogens is 223 g/mol. The van der Waals surface area contributed by atoms with E-state index in [0.717, 1.165) is 12.1 Å². The predicted molar refractivity (Wildman–Crippen MR) is 65.7 cm³/mol. The van der Waals surface area contributed by atoms with Gasteiger partial charge in [-0.15, -0.1) is 0 Å². The van der Waals surface area contributed by atoms with Crippen molar-refractivity contribution in [3.8, 4) is 0 Å². The highest BCUT2D eigenvalue weighted by Gasteiger charge is 2.15. The average molecular weight is 240 g/mol. The molecule has 0 aliphatic rings. The second-order valence-electron chi connectivity index (χ2n) is 4.40. The maximum atomic E-state index is 13.5. The van der Waals surface area contributed by atoms with E-state index in [9.17, 15) is 9.18 Å². The molecule has 0 saturated heterocycles. The Labute approximate surface area is 99.6 Å². The first-order chi connectivity index (χ1) is 7.82. The number of rotatable bonds is 4. The van der Waals surface area contributed by atoms with E-state index in [1.165, 1.54) is 0 Å². The molecule has 0 spiro atoms. The van der Waals surface area contributed by atoms with Crippen molar-refractivity contribution in [3.63, 3.8) is 0 Å². The van der Waals surface area contributed by atoms with Gasteiger partial charge in [-0.1, -0.05) is 13.8 Å². The molecule has 1 unspecified atom stereocenters. The normalized spacial score (nSPS) is 12.5. The topological polar surface area (TPSA) is 75.3 Å². The molecule has 0 fully saturated rings. The Morgan fingerprint density at radius 1 is 1.41 bits per heavy atom. The largest absolute Gasteiger partial charge is 0.478 e. The quantitative estimate of drug-likeness (QED) is 0.707. The van der Waals surface area contributed by atoms with E-state index in [-0.39, 0.29) is 11.7 Å². The van der Waals surface area contributed by atoms with Crippen LogP contribution in [0.15, 0.2) is 12.1 Å². The summed E-state index contributed by atoms with van der Waals surface area (Å²) < 4.78 is 13.5. The van der Waals surface area contributed by atoms with Gasteiger partial charge in [-0.2, -0.15) is 0 Å². The minimum atomic E-state index is -1.32. The van der Waals surface area contributed by atoms with E-state index in [4.69, 9.17) is 10.8 Å². The number of aromatic carboxylic acids is 1. The number of carboxylic acid groups (broad SMARTS) is 1. The Hall–Kier alpha value is -1.78. The Kier molecular flexibility index (Phi) is 3.93. The number of nitrogen functional groups attached to an aromatic ring is 1. The van der Waals surface area contributed by atoms with Crippen molar-refractivity contribution >= 4 is 17.3 Å². The molecule has 17 heavy (non-hydrogen) atoms. The van der Waals surface area contributed by atoms with Crippen LogP contribution in [0.2, 0.25) is 0 Å². The number of halogens is 1. The fourth-order valence-electron chi connectivity index (χ4n) is 1.29. The van der Waals surface area contributed by atoms with Crippen LogP contribution in [-0.4, -0.2) is 17.1 Å². The summed E-state index contributed by atoms with van der Waals surface area (Å²) in [6.45, 7) is 6.00. The number of hydrogen-bond donors (Lipinski definition) is 3. The highest BCUT2D eigenvalue weighted by atomic mass is 19.1. The van der Waals surface area contributed by atoms with Gasteiger partial charge in [0.2, 0.25) is 0 Å². The fourth-order valence-corrected chi connectivity index (χ4v) is 1.29. The van der Waals surface area contributed by atoms with Crippen LogP contribution >= 0.6 is 0 Å². The first-order valence-corrected chi connectivity index (χ1v) is 5.41. The van der Waals surface area contributed by atoms with Gasteiger partial charge in [0.25, 0.3) is 0 Å². The van der Waals surface area contributed by atoms with Crippen LogP contribution in [0.5, 0.6) is 0 Å². The molecule has 5 heteroatoms. The number of hydrogen-bond acceptors (Lipinski definition) is 3. The molecule has 0 aliphatic heterocycles. The molecule has 1 atom stereocenters. The Morgan fingerprint density at radius 2 is 2.00 bits per heavy atom. The molecule has 0 bridgehead atoms. The Bertz CT molecular complexity index is 433. The standard InChI is InChI=1S/C12H17FN2O2/c1-6(2)7(3)15-11-5-9(13)8(12(16)17)4-10(11)14/h4-7,15H,14H2,1-3H3,(H,16,17). The smallest absolute Gasteiger partial charge is 0.338 e. The molecule has 4 N–H and O–H groups in total.